The van der Waals surface area contributed by atoms with E-state index in [1.54, 1.807) is 0 Å². The van der Waals surface area contributed by atoms with E-state index < -0.39 is 0 Å². The van der Waals surface area contributed by atoms with Gasteiger partial charge in [0.25, 0.3) is 0 Å². The SMILES string of the molecule is CCC1C(N)C(C(=O)OC)CN1C1CC1. The van der Waals surface area contributed by atoms with Crippen molar-refractivity contribution in [1.29, 1.82) is 0 Å². The molecule has 1 aliphatic carbocycles. The van der Waals surface area contributed by atoms with Gasteiger partial charge in [0.15, 0.2) is 0 Å². The second kappa shape index (κ2) is 4.10. The Morgan fingerprint density at radius 3 is 2.67 bits per heavy atom. The average Bonchev–Trinajstić information content (AvgIpc) is 3.02. The van der Waals surface area contributed by atoms with Gasteiger partial charge in [0.1, 0.15) is 0 Å². The van der Waals surface area contributed by atoms with Gasteiger partial charge in [-0.05, 0) is 19.3 Å². The Hall–Kier alpha value is -0.610. The summed E-state index contributed by atoms with van der Waals surface area (Å²) in [6.07, 6.45) is 3.54. The summed E-state index contributed by atoms with van der Waals surface area (Å²) in [6, 6.07) is 0.986. The number of hydrogen-bond donors (Lipinski definition) is 1. The van der Waals surface area contributed by atoms with Gasteiger partial charge in [0.2, 0.25) is 0 Å². The molecule has 1 aliphatic heterocycles. The van der Waals surface area contributed by atoms with Crippen molar-refractivity contribution in [1.82, 2.24) is 4.90 Å². The van der Waals surface area contributed by atoms with E-state index in [0.29, 0.717) is 12.1 Å². The normalized spacial score (nSPS) is 36.9. The van der Waals surface area contributed by atoms with Crippen LogP contribution in [0, 0.1) is 5.92 Å². The minimum Gasteiger partial charge on any atom is -0.469 e. The Kier molecular flexibility index (Phi) is 2.98. The Balaban J connectivity index is 2.07. The van der Waals surface area contributed by atoms with Crippen LogP contribution in [-0.2, 0) is 9.53 Å². The number of nitrogens with two attached hydrogens (primary N) is 1. The summed E-state index contributed by atoms with van der Waals surface area (Å²) in [6.45, 7) is 2.93. The number of rotatable bonds is 3. The fourth-order valence-electron chi connectivity index (χ4n) is 2.69. The van der Waals surface area contributed by atoms with Crippen molar-refractivity contribution in [2.24, 2.45) is 11.7 Å². The molecule has 86 valence electrons. The highest BCUT2D eigenvalue weighted by atomic mass is 16.5. The predicted octanol–water partition coefficient (Wildman–Crippen LogP) is 0.360. The molecule has 0 spiro atoms. The lowest BCUT2D eigenvalue weighted by Crippen LogP contribution is -2.42. The Bertz CT molecular complexity index is 253. The topological polar surface area (TPSA) is 55.6 Å². The maximum absolute atomic E-state index is 11.5. The predicted molar refractivity (Wildman–Crippen MR) is 57.3 cm³/mol. The Morgan fingerprint density at radius 2 is 2.20 bits per heavy atom. The third-order valence-corrected chi connectivity index (χ3v) is 3.68. The molecule has 2 fully saturated rings. The molecule has 15 heavy (non-hydrogen) atoms. The van der Waals surface area contributed by atoms with Gasteiger partial charge in [-0.15, -0.1) is 0 Å². The molecule has 2 rings (SSSR count). The highest BCUT2D eigenvalue weighted by Crippen LogP contribution is 2.36. The summed E-state index contributed by atoms with van der Waals surface area (Å²) in [5.74, 6) is -0.273. The van der Waals surface area contributed by atoms with Crippen molar-refractivity contribution in [3.8, 4) is 0 Å². The number of nitrogens with zero attached hydrogens (tertiary/aromatic N) is 1. The first-order valence-corrected chi connectivity index (χ1v) is 5.78. The van der Waals surface area contributed by atoms with Crippen LogP contribution in [0.15, 0.2) is 0 Å². The molecule has 1 heterocycles. The molecule has 0 aromatic heterocycles. The van der Waals surface area contributed by atoms with Crippen LogP contribution < -0.4 is 5.73 Å². The number of carbonyl (C=O) groups is 1. The molecule has 0 aromatic rings. The van der Waals surface area contributed by atoms with Gasteiger partial charge >= 0.3 is 5.97 Å². The molecule has 0 amide bonds. The maximum Gasteiger partial charge on any atom is 0.311 e. The van der Waals surface area contributed by atoms with Gasteiger partial charge in [-0.2, -0.15) is 0 Å². The van der Waals surface area contributed by atoms with E-state index >= 15 is 0 Å². The van der Waals surface area contributed by atoms with E-state index in [1.165, 1.54) is 20.0 Å². The van der Waals surface area contributed by atoms with Crippen molar-refractivity contribution < 1.29 is 9.53 Å². The second-order valence-corrected chi connectivity index (χ2v) is 4.61. The minimum atomic E-state index is -0.149. The zero-order chi connectivity index (χ0) is 11.0. The third-order valence-electron chi connectivity index (χ3n) is 3.68. The van der Waals surface area contributed by atoms with Gasteiger partial charge < -0.3 is 10.5 Å². The molecule has 1 saturated heterocycles. The number of ether oxygens (including phenoxy) is 1. The molecule has 4 heteroatoms. The highest BCUT2D eigenvalue weighted by molar-refractivity contribution is 5.74. The van der Waals surface area contributed by atoms with Gasteiger partial charge in [-0.3, -0.25) is 9.69 Å². The van der Waals surface area contributed by atoms with E-state index in [-0.39, 0.29) is 17.9 Å². The van der Waals surface area contributed by atoms with E-state index in [9.17, 15) is 4.79 Å². The third kappa shape index (κ3) is 1.88. The molecule has 3 unspecified atom stereocenters. The lowest BCUT2D eigenvalue weighted by molar-refractivity contribution is -0.145. The maximum atomic E-state index is 11.5. The van der Waals surface area contributed by atoms with Crippen LogP contribution in [0.25, 0.3) is 0 Å². The number of methoxy groups -OCH3 is 1. The quantitative estimate of drug-likeness (QED) is 0.686. The highest BCUT2D eigenvalue weighted by Gasteiger charge is 2.47. The van der Waals surface area contributed by atoms with Crippen LogP contribution in [0.5, 0.6) is 0 Å². The van der Waals surface area contributed by atoms with Gasteiger partial charge in [-0.1, -0.05) is 6.92 Å². The average molecular weight is 212 g/mol. The first-order valence-electron chi connectivity index (χ1n) is 5.78. The summed E-state index contributed by atoms with van der Waals surface area (Å²) in [4.78, 5) is 14.0. The monoisotopic (exact) mass is 212 g/mol. The van der Waals surface area contributed by atoms with Gasteiger partial charge in [-0.25, -0.2) is 0 Å². The zero-order valence-corrected chi connectivity index (χ0v) is 9.48. The molecular formula is C11H20N2O2. The van der Waals surface area contributed by atoms with Crippen molar-refractivity contribution in [2.75, 3.05) is 13.7 Å². The van der Waals surface area contributed by atoms with E-state index in [0.717, 1.165) is 13.0 Å². The summed E-state index contributed by atoms with van der Waals surface area (Å²) < 4.78 is 4.80. The van der Waals surface area contributed by atoms with Crippen LogP contribution in [0.4, 0.5) is 0 Å². The molecule has 2 N–H and O–H groups in total. The largest absolute Gasteiger partial charge is 0.469 e. The molecule has 3 atom stereocenters. The van der Waals surface area contributed by atoms with Crippen LogP contribution in [0.2, 0.25) is 0 Å². The van der Waals surface area contributed by atoms with E-state index in [4.69, 9.17) is 10.5 Å². The molecular weight excluding hydrogens is 192 g/mol. The number of carbonyl (C=O) groups excluding carboxylic acids is 1. The van der Waals surface area contributed by atoms with Crippen LogP contribution in [0.1, 0.15) is 26.2 Å². The summed E-state index contributed by atoms with van der Waals surface area (Å²) >= 11 is 0. The first-order chi connectivity index (χ1) is 7.19. The fourth-order valence-corrected chi connectivity index (χ4v) is 2.69. The molecule has 4 nitrogen and oxygen atoms in total. The van der Waals surface area contributed by atoms with Crippen molar-refractivity contribution in [3.05, 3.63) is 0 Å². The van der Waals surface area contributed by atoms with Crippen molar-refractivity contribution in [3.63, 3.8) is 0 Å². The number of esters is 1. The molecule has 0 bridgehead atoms. The molecule has 0 radical (unpaired) electrons. The lowest BCUT2D eigenvalue weighted by Gasteiger charge is -2.24. The lowest BCUT2D eigenvalue weighted by atomic mass is 9.98. The zero-order valence-electron chi connectivity index (χ0n) is 9.48. The smallest absolute Gasteiger partial charge is 0.311 e. The number of likely N-dealkylation sites (tertiary alicyclic amines) is 1. The van der Waals surface area contributed by atoms with Crippen LogP contribution in [0.3, 0.4) is 0 Å². The molecule has 1 saturated carbocycles. The standard InChI is InChI=1S/C11H20N2O2/c1-3-9-10(12)8(11(14)15-2)6-13(9)7-4-5-7/h7-10H,3-6,12H2,1-2H3. The molecule has 2 aliphatic rings. The van der Waals surface area contributed by atoms with Crippen molar-refractivity contribution in [2.45, 2.75) is 44.3 Å². The van der Waals surface area contributed by atoms with Gasteiger partial charge in [0, 0.05) is 24.7 Å². The van der Waals surface area contributed by atoms with Crippen LogP contribution in [-0.4, -0.2) is 42.6 Å². The van der Waals surface area contributed by atoms with E-state index in [2.05, 4.69) is 11.8 Å². The Labute approximate surface area is 90.8 Å². The van der Waals surface area contributed by atoms with Gasteiger partial charge in [0.05, 0.1) is 13.0 Å². The minimum absolute atomic E-state index is 0.0527. The molecule has 0 aromatic carbocycles. The number of hydrogen-bond acceptors (Lipinski definition) is 4. The van der Waals surface area contributed by atoms with Crippen LogP contribution >= 0.6 is 0 Å². The second-order valence-electron chi connectivity index (χ2n) is 4.61. The summed E-state index contributed by atoms with van der Waals surface area (Å²) in [5, 5.41) is 0. The first kappa shape index (κ1) is 10.9. The van der Waals surface area contributed by atoms with Crippen molar-refractivity contribution >= 4 is 5.97 Å². The van der Waals surface area contributed by atoms with E-state index in [1.807, 2.05) is 0 Å². The summed E-state index contributed by atoms with van der Waals surface area (Å²) in [5.41, 5.74) is 6.12. The Morgan fingerprint density at radius 1 is 1.53 bits per heavy atom. The fraction of sp³-hybridized carbons (Fsp3) is 0.909. The summed E-state index contributed by atoms with van der Waals surface area (Å²) in [7, 11) is 1.44.